The summed E-state index contributed by atoms with van der Waals surface area (Å²) in [5.41, 5.74) is 0. The first-order valence-corrected chi connectivity index (χ1v) is 14.2. The second kappa shape index (κ2) is 4.61. The second-order valence-corrected chi connectivity index (χ2v) is 13.8. The van der Waals surface area contributed by atoms with Gasteiger partial charge in [0.05, 0.1) is 0 Å². The van der Waals surface area contributed by atoms with Gasteiger partial charge in [-0.1, -0.05) is 0 Å². The molecule has 0 atom stereocenters. The van der Waals surface area contributed by atoms with E-state index in [9.17, 15) is 0 Å². The summed E-state index contributed by atoms with van der Waals surface area (Å²) in [6, 6.07) is 0. The number of hydrogen-bond donors (Lipinski definition) is 0. The van der Waals surface area contributed by atoms with Crippen LogP contribution >= 0.6 is 23.5 Å². The monoisotopic (exact) mass is 364 g/mol. The molecule has 1 aliphatic rings. The predicted molar refractivity (Wildman–Crippen MR) is 48.6 cm³/mol. The second-order valence-electron chi connectivity index (χ2n) is 2.88. The molecule has 0 nitrogen and oxygen atoms in total. The van der Waals surface area contributed by atoms with Gasteiger partial charge in [0, 0.05) is 0 Å². The molecule has 0 saturated carbocycles. The van der Waals surface area contributed by atoms with Crippen molar-refractivity contribution < 1.29 is 24.6 Å². The van der Waals surface area contributed by atoms with Crippen molar-refractivity contribution in [3.63, 3.8) is 0 Å². The maximum absolute atomic E-state index is 2.28. The van der Waals surface area contributed by atoms with Gasteiger partial charge in [-0.3, -0.25) is 0 Å². The normalized spacial score (nSPS) is 23.0. The molecule has 0 radical (unpaired) electrons. The summed E-state index contributed by atoms with van der Waals surface area (Å²) in [6.45, 7) is 0. The van der Waals surface area contributed by atoms with Gasteiger partial charge in [-0.05, 0) is 0 Å². The van der Waals surface area contributed by atoms with Gasteiger partial charge in [0.15, 0.2) is 0 Å². The van der Waals surface area contributed by atoms with E-state index in [0.717, 1.165) is 0 Å². The van der Waals surface area contributed by atoms with Crippen molar-refractivity contribution in [2.45, 2.75) is 24.8 Å². The Balaban J connectivity index is 2.44. The molecule has 1 saturated heterocycles. The molecule has 0 aromatic carbocycles. The third kappa shape index (κ3) is 2.31. The minimum absolute atomic E-state index is 0.246. The molecule has 1 rings (SSSR count). The topological polar surface area (TPSA) is 0 Å². The molecule has 3 heteroatoms. The van der Waals surface area contributed by atoms with Crippen LogP contribution < -0.4 is 0 Å². The first-order valence-electron chi connectivity index (χ1n) is 3.93. The quantitative estimate of drug-likeness (QED) is 0.547. The minimum atomic E-state index is -0.246. The maximum atomic E-state index is 2.28. The van der Waals surface area contributed by atoms with Crippen LogP contribution in [0.3, 0.4) is 0 Å². The molecule has 0 unspecified atom stereocenters. The third-order valence-corrected chi connectivity index (χ3v) is 12.3. The summed E-state index contributed by atoms with van der Waals surface area (Å²) in [6.07, 6.45) is 7.60. The van der Waals surface area contributed by atoms with E-state index in [4.69, 9.17) is 0 Å². The van der Waals surface area contributed by atoms with Crippen molar-refractivity contribution in [2.75, 3.05) is 12.5 Å². The summed E-state index contributed by atoms with van der Waals surface area (Å²) >= 11 is 3.94. The summed E-state index contributed by atoms with van der Waals surface area (Å²) in [5, 5.41) is 0. The molecular weight excluding hydrogens is 349 g/mol. The fourth-order valence-electron chi connectivity index (χ4n) is 1.58. The van der Waals surface area contributed by atoms with Gasteiger partial charge < -0.3 is 0 Å². The molecule has 0 spiro atoms. The molecule has 0 aliphatic carbocycles. The van der Waals surface area contributed by atoms with Gasteiger partial charge in [0.1, 0.15) is 0 Å². The van der Waals surface area contributed by atoms with Gasteiger partial charge >= 0.3 is 85.4 Å². The van der Waals surface area contributed by atoms with Gasteiger partial charge in [0.2, 0.25) is 0 Å². The van der Waals surface area contributed by atoms with Crippen LogP contribution in [0.15, 0.2) is 0 Å². The Kier molecular flexibility index (Phi) is 4.48. The third-order valence-electron chi connectivity index (χ3n) is 2.36. The Morgan fingerprint density at radius 1 is 1.10 bits per heavy atom. The molecule has 1 heterocycles. The first kappa shape index (κ1) is 9.72. The molecule has 1 aliphatic heterocycles. The van der Waals surface area contributed by atoms with Gasteiger partial charge in [-0.15, -0.1) is 0 Å². The first-order chi connectivity index (χ1) is 4.83. The van der Waals surface area contributed by atoms with Crippen molar-refractivity contribution in [1.82, 2.24) is 0 Å². The van der Waals surface area contributed by atoms with E-state index >= 15 is 0 Å². The van der Waals surface area contributed by atoms with E-state index in [0.29, 0.717) is 4.08 Å². The Bertz CT molecular complexity index is 93.8. The molecule has 56 valence electrons. The average molecular weight is 363 g/mol. The summed E-state index contributed by atoms with van der Waals surface area (Å²) in [4.78, 5) is 0. The summed E-state index contributed by atoms with van der Waals surface area (Å²) in [5.74, 6) is 0. The molecule has 0 aromatic rings. The van der Waals surface area contributed by atoms with Crippen molar-refractivity contribution in [3.05, 3.63) is 0 Å². The van der Waals surface area contributed by atoms with Crippen LogP contribution in [0.4, 0.5) is 0 Å². The van der Waals surface area contributed by atoms with Crippen LogP contribution in [-0.2, 0) is 24.6 Å². The zero-order chi connectivity index (χ0) is 7.45. The van der Waals surface area contributed by atoms with Crippen molar-refractivity contribution in [2.24, 2.45) is 0 Å². The van der Waals surface area contributed by atoms with Crippen molar-refractivity contribution in [1.29, 1.82) is 0 Å². The standard InChI is InChI=1S/C7H14S2.Hg/c1-5-7(6-2,8-3)9-4;/h1-2,5-6H2,3-4H3;. The summed E-state index contributed by atoms with van der Waals surface area (Å²) < 4.78 is 3.99. The molecule has 1 fully saturated rings. The molecule has 0 aromatic heterocycles. The van der Waals surface area contributed by atoms with E-state index in [1.54, 1.807) is 7.86 Å². The Labute approximate surface area is 84.7 Å². The van der Waals surface area contributed by atoms with Crippen LogP contribution in [0.5, 0.6) is 0 Å². The van der Waals surface area contributed by atoms with Crippen LogP contribution in [-0.4, -0.2) is 16.6 Å². The molecule has 0 amide bonds. The number of hydrogen-bond acceptors (Lipinski definition) is 2. The SMILES string of the molecule is CSC1(SC)C[CH2][Hg][CH2]C1. The van der Waals surface area contributed by atoms with Gasteiger partial charge in [-0.25, -0.2) is 0 Å². The van der Waals surface area contributed by atoms with Crippen LogP contribution in [0.1, 0.15) is 12.8 Å². The zero-order valence-corrected chi connectivity index (χ0v) is 14.0. The zero-order valence-electron chi connectivity index (χ0n) is 6.85. The van der Waals surface area contributed by atoms with E-state index < -0.39 is 0 Å². The predicted octanol–water partition coefficient (Wildman–Crippen LogP) is 3.12. The molecular formula is C7H14HgS2. The van der Waals surface area contributed by atoms with Crippen LogP contribution in [0, 0.1) is 0 Å². The van der Waals surface area contributed by atoms with E-state index in [-0.39, 0.29) is 24.6 Å². The number of thioether (sulfide) groups is 2. The number of rotatable bonds is 2. The van der Waals surface area contributed by atoms with Crippen molar-refractivity contribution >= 4 is 23.5 Å². The molecule has 0 N–H and O–H groups in total. The van der Waals surface area contributed by atoms with Crippen LogP contribution in [0.2, 0.25) is 7.86 Å². The Morgan fingerprint density at radius 3 is 1.90 bits per heavy atom. The molecule has 0 bridgehead atoms. The fourth-order valence-corrected chi connectivity index (χ4v) is 15.6. The van der Waals surface area contributed by atoms with Crippen molar-refractivity contribution in [3.8, 4) is 0 Å². The Hall–Kier alpha value is 1.64. The average Bonchev–Trinajstić information content (AvgIpc) is 2.06. The van der Waals surface area contributed by atoms with E-state index in [1.807, 2.05) is 0 Å². The fraction of sp³-hybridized carbons (Fsp3) is 1.00. The van der Waals surface area contributed by atoms with E-state index in [1.165, 1.54) is 12.8 Å². The molecule has 10 heavy (non-hydrogen) atoms. The van der Waals surface area contributed by atoms with Crippen LogP contribution in [0.25, 0.3) is 0 Å². The Morgan fingerprint density at radius 2 is 1.60 bits per heavy atom. The van der Waals surface area contributed by atoms with Gasteiger partial charge in [0.25, 0.3) is 0 Å². The van der Waals surface area contributed by atoms with E-state index in [2.05, 4.69) is 36.0 Å². The van der Waals surface area contributed by atoms with Gasteiger partial charge in [-0.2, -0.15) is 0 Å². The summed E-state index contributed by atoms with van der Waals surface area (Å²) in [7, 11) is 0.